The molecule has 1 aromatic heterocycles. The van der Waals surface area contributed by atoms with Gasteiger partial charge in [-0.3, -0.25) is 4.79 Å². The topological polar surface area (TPSA) is 45.2 Å². The van der Waals surface area contributed by atoms with Crippen LogP contribution in [0.5, 0.6) is 0 Å². The van der Waals surface area contributed by atoms with Crippen LogP contribution in [0, 0.1) is 5.92 Å². The van der Waals surface area contributed by atoms with Crippen molar-refractivity contribution >= 4 is 39.8 Å². The third-order valence-electron chi connectivity index (χ3n) is 4.84. The lowest BCUT2D eigenvalue weighted by Crippen LogP contribution is -2.19. The first-order valence-electron chi connectivity index (χ1n) is 8.82. The second-order valence-corrected chi connectivity index (χ2v) is 7.24. The molecule has 0 bridgehead atoms. The molecule has 132 valence electrons. The van der Waals surface area contributed by atoms with Gasteiger partial charge >= 0.3 is 0 Å². The Morgan fingerprint density at radius 1 is 1.19 bits per heavy atom. The summed E-state index contributed by atoms with van der Waals surface area (Å²) in [6.45, 7) is 4.46. The third kappa shape index (κ3) is 3.37. The highest BCUT2D eigenvalue weighted by molar-refractivity contribution is 6.30. The lowest BCUT2D eigenvalue weighted by atomic mass is 10.1. The van der Waals surface area contributed by atoms with E-state index in [1.54, 1.807) is 6.07 Å². The first-order chi connectivity index (χ1) is 12.6. The molecule has 2 heterocycles. The van der Waals surface area contributed by atoms with Crippen LogP contribution in [0.2, 0.25) is 5.15 Å². The molecule has 1 atom stereocenters. The van der Waals surface area contributed by atoms with Crippen molar-refractivity contribution in [1.82, 2.24) is 4.98 Å². The Morgan fingerprint density at radius 2 is 1.96 bits per heavy atom. The minimum Gasteiger partial charge on any atom is -0.371 e. The van der Waals surface area contributed by atoms with Gasteiger partial charge in [-0.1, -0.05) is 36.7 Å². The number of nitrogens with one attached hydrogen (secondary N) is 1. The van der Waals surface area contributed by atoms with Crippen LogP contribution in [0.25, 0.3) is 10.9 Å². The van der Waals surface area contributed by atoms with E-state index in [2.05, 4.69) is 34.3 Å². The normalized spacial score (nSPS) is 16.8. The number of carbonyl (C=O) groups excluding carboxylic acids is 1. The molecule has 4 nitrogen and oxygen atoms in total. The SMILES string of the molecule is CC1CCN(c2ccc(NC(=O)c3cc(Cl)nc4ccccc34)cc2)C1. The fourth-order valence-corrected chi connectivity index (χ4v) is 3.65. The monoisotopic (exact) mass is 365 g/mol. The fourth-order valence-electron chi connectivity index (χ4n) is 3.45. The van der Waals surface area contributed by atoms with Crippen LogP contribution in [-0.4, -0.2) is 24.0 Å². The molecule has 1 unspecified atom stereocenters. The molecule has 1 fully saturated rings. The summed E-state index contributed by atoms with van der Waals surface area (Å²) >= 11 is 6.08. The van der Waals surface area contributed by atoms with Crippen molar-refractivity contribution in [2.24, 2.45) is 5.92 Å². The summed E-state index contributed by atoms with van der Waals surface area (Å²) in [5.74, 6) is 0.548. The van der Waals surface area contributed by atoms with Gasteiger partial charge in [0.25, 0.3) is 5.91 Å². The van der Waals surface area contributed by atoms with Crippen LogP contribution in [0.3, 0.4) is 0 Å². The molecule has 1 N–H and O–H groups in total. The largest absolute Gasteiger partial charge is 0.371 e. The molecule has 5 heteroatoms. The number of para-hydroxylation sites is 1. The number of fused-ring (bicyclic) bond motifs is 1. The van der Waals surface area contributed by atoms with Crippen LogP contribution in [0.15, 0.2) is 54.6 Å². The first kappa shape index (κ1) is 16.9. The Balaban J connectivity index is 1.55. The number of amides is 1. The van der Waals surface area contributed by atoms with Crippen molar-refractivity contribution < 1.29 is 4.79 Å². The highest BCUT2D eigenvalue weighted by atomic mass is 35.5. The summed E-state index contributed by atoms with van der Waals surface area (Å²) in [5.41, 5.74) is 3.20. The third-order valence-corrected chi connectivity index (χ3v) is 5.04. The van der Waals surface area contributed by atoms with Crippen LogP contribution in [-0.2, 0) is 0 Å². The molecule has 2 aromatic carbocycles. The Labute approximate surface area is 157 Å². The molecule has 3 aromatic rings. The van der Waals surface area contributed by atoms with Gasteiger partial charge in [-0.05, 0) is 48.7 Å². The van der Waals surface area contributed by atoms with Gasteiger partial charge < -0.3 is 10.2 Å². The molecule has 1 aliphatic rings. The summed E-state index contributed by atoms with van der Waals surface area (Å²) in [4.78, 5) is 19.4. The van der Waals surface area contributed by atoms with Gasteiger partial charge in [0.15, 0.2) is 0 Å². The first-order valence-corrected chi connectivity index (χ1v) is 9.19. The number of anilines is 2. The van der Waals surface area contributed by atoms with E-state index in [1.807, 2.05) is 36.4 Å². The zero-order valence-electron chi connectivity index (χ0n) is 14.6. The van der Waals surface area contributed by atoms with E-state index >= 15 is 0 Å². The van der Waals surface area contributed by atoms with Crippen molar-refractivity contribution in [2.45, 2.75) is 13.3 Å². The number of aromatic nitrogens is 1. The van der Waals surface area contributed by atoms with E-state index in [0.717, 1.165) is 30.1 Å². The number of carbonyl (C=O) groups is 1. The highest BCUT2D eigenvalue weighted by Gasteiger charge is 2.19. The lowest BCUT2D eigenvalue weighted by molar-refractivity contribution is 0.102. The molecule has 1 amide bonds. The number of halogens is 1. The number of pyridine rings is 1. The summed E-state index contributed by atoms with van der Waals surface area (Å²) < 4.78 is 0. The van der Waals surface area contributed by atoms with Gasteiger partial charge in [0.2, 0.25) is 0 Å². The average molecular weight is 366 g/mol. The minimum atomic E-state index is -0.187. The van der Waals surface area contributed by atoms with Gasteiger partial charge in [0.05, 0.1) is 11.1 Å². The van der Waals surface area contributed by atoms with Crippen LogP contribution < -0.4 is 10.2 Å². The fraction of sp³-hybridized carbons (Fsp3) is 0.238. The number of nitrogens with zero attached hydrogens (tertiary/aromatic N) is 2. The summed E-state index contributed by atoms with van der Waals surface area (Å²) in [6.07, 6.45) is 1.23. The number of hydrogen-bond acceptors (Lipinski definition) is 3. The maximum atomic E-state index is 12.8. The van der Waals surface area contributed by atoms with Crippen LogP contribution >= 0.6 is 11.6 Å². The van der Waals surface area contributed by atoms with Gasteiger partial charge in [-0.25, -0.2) is 4.98 Å². The highest BCUT2D eigenvalue weighted by Crippen LogP contribution is 2.26. The summed E-state index contributed by atoms with van der Waals surface area (Å²) in [7, 11) is 0. The predicted octanol–water partition coefficient (Wildman–Crippen LogP) is 4.99. The lowest BCUT2D eigenvalue weighted by Gasteiger charge is -2.18. The van der Waals surface area contributed by atoms with Gasteiger partial charge in [0, 0.05) is 29.9 Å². The minimum absolute atomic E-state index is 0.187. The van der Waals surface area contributed by atoms with Gasteiger partial charge in [0.1, 0.15) is 5.15 Å². The molecule has 1 aliphatic heterocycles. The second kappa shape index (κ2) is 6.96. The summed E-state index contributed by atoms with van der Waals surface area (Å²) in [6, 6.07) is 17.1. The maximum Gasteiger partial charge on any atom is 0.256 e. The van der Waals surface area contributed by atoms with Gasteiger partial charge in [-0.2, -0.15) is 0 Å². The van der Waals surface area contributed by atoms with E-state index in [4.69, 9.17) is 11.6 Å². The Morgan fingerprint density at radius 3 is 2.69 bits per heavy atom. The predicted molar refractivity (Wildman–Crippen MR) is 107 cm³/mol. The van der Waals surface area contributed by atoms with Crippen LogP contribution in [0.1, 0.15) is 23.7 Å². The standard InChI is InChI=1S/C21H20ClN3O/c1-14-10-11-25(13-14)16-8-6-15(7-9-16)23-21(26)18-12-20(22)24-19-5-3-2-4-17(18)19/h2-9,12,14H,10-11,13H2,1H3,(H,23,26). The second-order valence-electron chi connectivity index (χ2n) is 6.85. The number of hydrogen-bond donors (Lipinski definition) is 1. The maximum absolute atomic E-state index is 12.8. The van der Waals surface area contributed by atoms with Crippen molar-refractivity contribution in [2.75, 3.05) is 23.3 Å². The molecule has 26 heavy (non-hydrogen) atoms. The van der Waals surface area contributed by atoms with Crippen molar-refractivity contribution in [3.63, 3.8) is 0 Å². The molecular formula is C21H20ClN3O. The van der Waals surface area contributed by atoms with E-state index in [1.165, 1.54) is 12.1 Å². The van der Waals surface area contributed by atoms with E-state index in [0.29, 0.717) is 16.2 Å². The smallest absolute Gasteiger partial charge is 0.256 e. The van der Waals surface area contributed by atoms with Crippen molar-refractivity contribution in [1.29, 1.82) is 0 Å². The molecular weight excluding hydrogens is 346 g/mol. The summed E-state index contributed by atoms with van der Waals surface area (Å²) in [5, 5.41) is 4.06. The number of rotatable bonds is 3. The average Bonchev–Trinajstić information content (AvgIpc) is 3.08. The molecule has 0 aliphatic carbocycles. The molecule has 0 saturated carbocycles. The molecule has 0 spiro atoms. The van der Waals surface area contributed by atoms with Gasteiger partial charge in [-0.15, -0.1) is 0 Å². The quantitative estimate of drug-likeness (QED) is 0.665. The van der Waals surface area contributed by atoms with Crippen molar-refractivity contribution in [3.8, 4) is 0 Å². The molecule has 1 saturated heterocycles. The Hall–Kier alpha value is -2.59. The Bertz CT molecular complexity index is 955. The van der Waals surface area contributed by atoms with Crippen molar-refractivity contribution in [3.05, 3.63) is 65.3 Å². The van der Waals surface area contributed by atoms with E-state index in [9.17, 15) is 4.79 Å². The van der Waals surface area contributed by atoms with Crippen LogP contribution in [0.4, 0.5) is 11.4 Å². The molecule has 4 rings (SSSR count). The van der Waals surface area contributed by atoms with E-state index in [-0.39, 0.29) is 5.91 Å². The zero-order chi connectivity index (χ0) is 18.1. The van der Waals surface area contributed by atoms with E-state index < -0.39 is 0 Å². The Kier molecular flexibility index (Phi) is 4.51. The molecule has 0 radical (unpaired) electrons. The zero-order valence-corrected chi connectivity index (χ0v) is 15.3. The number of benzene rings is 2.